The predicted molar refractivity (Wildman–Crippen MR) is 123 cm³/mol. The summed E-state index contributed by atoms with van der Waals surface area (Å²) in [6.45, 7) is 3.91. The average molecular weight is 461 g/mol. The van der Waals surface area contributed by atoms with Crippen LogP contribution in [-0.2, 0) is 16.6 Å². The highest BCUT2D eigenvalue weighted by atomic mass is 35.5. The molecule has 1 amide bonds. The number of nitrogens with zero attached hydrogens (tertiary/aromatic N) is 1. The molecular weight excluding hydrogens is 439 g/mol. The number of halogens is 2. The lowest BCUT2D eigenvalue weighted by atomic mass is 10.1. The van der Waals surface area contributed by atoms with Crippen LogP contribution >= 0.6 is 11.6 Å². The van der Waals surface area contributed by atoms with Crippen molar-refractivity contribution in [1.82, 2.24) is 0 Å². The molecule has 3 rings (SSSR count). The van der Waals surface area contributed by atoms with Gasteiger partial charge in [-0.05, 0) is 66.9 Å². The summed E-state index contributed by atoms with van der Waals surface area (Å²) < 4.78 is 39.5. The van der Waals surface area contributed by atoms with E-state index < -0.39 is 15.8 Å². The summed E-state index contributed by atoms with van der Waals surface area (Å²) in [5.41, 5.74) is 3.91. The molecule has 1 N–H and O–H groups in total. The molecule has 0 aliphatic rings. The van der Waals surface area contributed by atoms with Gasteiger partial charge in [0.25, 0.3) is 5.91 Å². The molecule has 162 valence electrons. The Kier molecular flexibility index (Phi) is 6.67. The van der Waals surface area contributed by atoms with Crippen molar-refractivity contribution >= 4 is 38.9 Å². The molecule has 0 aliphatic carbocycles. The van der Waals surface area contributed by atoms with Crippen LogP contribution < -0.4 is 9.62 Å². The minimum absolute atomic E-state index is 0.0829. The fourth-order valence-electron chi connectivity index (χ4n) is 3.07. The largest absolute Gasteiger partial charge is 0.322 e. The Morgan fingerprint density at radius 3 is 2.32 bits per heavy atom. The van der Waals surface area contributed by atoms with Crippen LogP contribution in [0.25, 0.3) is 0 Å². The van der Waals surface area contributed by atoms with Crippen molar-refractivity contribution in [3.05, 3.63) is 93.8 Å². The second-order valence-electron chi connectivity index (χ2n) is 7.34. The van der Waals surface area contributed by atoms with Crippen LogP contribution in [0.5, 0.6) is 0 Å². The van der Waals surface area contributed by atoms with Gasteiger partial charge in [-0.15, -0.1) is 0 Å². The number of sulfonamides is 1. The van der Waals surface area contributed by atoms with Crippen molar-refractivity contribution in [2.24, 2.45) is 0 Å². The highest BCUT2D eigenvalue weighted by Gasteiger charge is 2.20. The summed E-state index contributed by atoms with van der Waals surface area (Å²) in [6, 6.07) is 16.2. The zero-order chi connectivity index (χ0) is 22.8. The molecule has 3 aromatic carbocycles. The number of amides is 1. The highest BCUT2D eigenvalue weighted by molar-refractivity contribution is 7.92. The molecule has 0 fully saturated rings. The Balaban J connectivity index is 1.80. The van der Waals surface area contributed by atoms with E-state index in [1.165, 1.54) is 28.8 Å². The molecule has 31 heavy (non-hydrogen) atoms. The Morgan fingerprint density at radius 2 is 1.71 bits per heavy atom. The summed E-state index contributed by atoms with van der Waals surface area (Å²) in [5, 5.41) is 2.57. The Hall–Kier alpha value is -2.90. The van der Waals surface area contributed by atoms with E-state index in [4.69, 9.17) is 11.6 Å². The smallest absolute Gasteiger partial charge is 0.255 e. The van der Waals surface area contributed by atoms with E-state index in [9.17, 15) is 17.6 Å². The summed E-state index contributed by atoms with van der Waals surface area (Å²) >= 11 is 5.74. The molecule has 0 atom stereocenters. The van der Waals surface area contributed by atoms with Gasteiger partial charge in [-0.1, -0.05) is 35.9 Å². The third-order valence-corrected chi connectivity index (χ3v) is 6.17. The standard InChI is InChI=1S/C23H22ClFN2O3S/c1-15-4-5-16(2)22(12-15)27(31(3,29)30)14-17-6-8-18(9-7-17)23(28)26-19-10-11-21(25)20(24)13-19/h4-13H,14H2,1-3H3,(H,26,28). The molecule has 0 saturated carbocycles. The number of carbonyl (C=O) groups is 1. The molecule has 0 bridgehead atoms. The molecule has 0 radical (unpaired) electrons. The van der Waals surface area contributed by atoms with Crippen molar-refractivity contribution in [1.29, 1.82) is 0 Å². The van der Waals surface area contributed by atoms with E-state index >= 15 is 0 Å². The van der Waals surface area contributed by atoms with Gasteiger partial charge < -0.3 is 5.32 Å². The van der Waals surface area contributed by atoms with E-state index in [0.717, 1.165) is 16.7 Å². The molecule has 0 spiro atoms. The number of hydrogen-bond donors (Lipinski definition) is 1. The summed E-state index contributed by atoms with van der Waals surface area (Å²) in [7, 11) is -3.52. The van der Waals surface area contributed by atoms with E-state index in [-0.39, 0.29) is 17.5 Å². The Labute approximate surface area is 186 Å². The number of anilines is 2. The minimum atomic E-state index is -3.52. The highest BCUT2D eigenvalue weighted by Crippen LogP contribution is 2.26. The first-order valence-corrected chi connectivity index (χ1v) is 11.7. The van der Waals surface area contributed by atoms with E-state index in [2.05, 4.69) is 5.32 Å². The first kappa shape index (κ1) is 22.8. The molecule has 8 heteroatoms. The first-order valence-electron chi connectivity index (χ1n) is 9.45. The molecular formula is C23H22ClFN2O3S. The van der Waals surface area contributed by atoms with Gasteiger partial charge >= 0.3 is 0 Å². The van der Waals surface area contributed by atoms with Crippen LogP contribution in [0.2, 0.25) is 5.02 Å². The van der Waals surface area contributed by atoms with Crippen molar-refractivity contribution in [3.63, 3.8) is 0 Å². The van der Waals surface area contributed by atoms with E-state index in [1.807, 2.05) is 32.0 Å². The lowest BCUT2D eigenvalue weighted by molar-refractivity contribution is 0.102. The molecule has 5 nitrogen and oxygen atoms in total. The maximum absolute atomic E-state index is 13.3. The van der Waals surface area contributed by atoms with Crippen molar-refractivity contribution in [2.75, 3.05) is 15.9 Å². The van der Waals surface area contributed by atoms with E-state index in [1.54, 1.807) is 24.3 Å². The fraction of sp³-hybridized carbons (Fsp3) is 0.174. The topological polar surface area (TPSA) is 66.5 Å². The predicted octanol–water partition coefficient (Wildman–Crippen LogP) is 5.31. The van der Waals surface area contributed by atoms with Gasteiger partial charge in [-0.25, -0.2) is 12.8 Å². The van der Waals surface area contributed by atoms with E-state index in [0.29, 0.717) is 16.9 Å². The van der Waals surface area contributed by atoms with Gasteiger partial charge in [0.2, 0.25) is 10.0 Å². The third-order valence-electron chi connectivity index (χ3n) is 4.75. The average Bonchev–Trinajstić information content (AvgIpc) is 2.70. The van der Waals surface area contributed by atoms with Crippen LogP contribution in [0.3, 0.4) is 0 Å². The molecule has 0 aliphatic heterocycles. The lowest BCUT2D eigenvalue weighted by Crippen LogP contribution is -2.30. The second-order valence-corrected chi connectivity index (χ2v) is 9.65. The van der Waals surface area contributed by atoms with Crippen LogP contribution in [0.1, 0.15) is 27.0 Å². The van der Waals surface area contributed by atoms with Gasteiger partial charge in [0.1, 0.15) is 5.82 Å². The minimum Gasteiger partial charge on any atom is -0.322 e. The van der Waals surface area contributed by atoms with Gasteiger partial charge in [-0.2, -0.15) is 0 Å². The number of hydrogen-bond acceptors (Lipinski definition) is 3. The number of carbonyl (C=O) groups excluding carboxylic acids is 1. The van der Waals surface area contributed by atoms with Crippen LogP contribution in [0.15, 0.2) is 60.7 Å². The molecule has 0 aromatic heterocycles. The normalized spacial score (nSPS) is 11.3. The number of aryl methyl sites for hydroxylation is 2. The van der Waals surface area contributed by atoms with Gasteiger partial charge in [-0.3, -0.25) is 9.10 Å². The van der Waals surface area contributed by atoms with Crippen molar-refractivity contribution < 1.29 is 17.6 Å². The van der Waals surface area contributed by atoms with Gasteiger partial charge in [0, 0.05) is 11.3 Å². The number of rotatable bonds is 6. The molecule has 0 saturated heterocycles. The summed E-state index contributed by atoms with van der Waals surface area (Å²) in [4.78, 5) is 12.5. The van der Waals surface area contributed by atoms with Crippen LogP contribution in [-0.4, -0.2) is 20.6 Å². The number of benzene rings is 3. The van der Waals surface area contributed by atoms with Crippen LogP contribution in [0, 0.1) is 19.7 Å². The third kappa shape index (κ3) is 5.62. The zero-order valence-corrected chi connectivity index (χ0v) is 18.9. The lowest BCUT2D eigenvalue weighted by Gasteiger charge is -2.25. The zero-order valence-electron chi connectivity index (χ0n) is 17.3. The monoisotopic (exact) mass is 460 g/mol. The second kappa shape index (κ2) is 9.08. The Bertz CT molecular complexity index is 1230. The number of nitrogens with one attached hydrogen (secondary N) is 1. The molecule has 3 aromatic rings. The first-order chi connectivity index (χ1) is 14.5. The molecule has 0 heterocycles. The van der Waals surface area contributed by atoms with Crippen LogP contribution in [0.4, 0.5) is 15.8 Å². The van der Waals surface area contributed by atoms with Gasteiger partial charge in [0.05, 0.1) is 23.5 Å². The fourth-order valence-corrected chi connectivity index (χ4v) is 4.19. The van der Waals surface area contributed by atoms with Crippen molar-refractivity contribution in [3.8, 4) is 0 Å². The molecule has 0 unspecified atom stereocenters. The Morgan fingerprint density at radius 1 is 1.03 bits per heavy atom. The SMILES string of the molecule is Cc1ccc(C)c(N(Cc2ccc(C(=O)Nc3ccc(F)c(Cl)c3)cc2)S(C)(=O)=O)c1. The summed E-state index contributed by atoms with van der Waals surface area (Å²) in [6.07, 6.45) is 1.17. The maximum Gasteiger partial charge on any atom is 0.255 e. The maximum atomic E-state index is 13.3. The summed E-state index contributed by atoms with van der Waals surface area (Å²) in [5.74, 6) is -0.952. The van der Waals surface area contributed by atoms with Crippen molar-refractivity contribution in [2.45, 2.75) is 20.4 Å². The van der Waals surface area contributed by atoms with Gasteiger partial charge in [0.15, 0.2) is 0 Å². The quantitative estimate of drug-likeness (QED) is 0.541.